The van der Waals surface area contributed by atoms with Gasteiger partial charge in [-0.1, -0.05) is 11.8 Å². The molecule has 2 nitrogen and oxygen atoms in total. The molecule has 2 rings (SSSR count). The number of hydrogen-bond acceptors (Lipinski definition) is 3. The standard InChI is InChI=1S/C8H7NOS/c9-4-6-5-2-1-3-7(5)11-8(6)10/h7H,1-3H2/t7-/m1/s1. The first-order chi connectivity index (χ1) is 5.33. The summed E-state index contributed by atoms with van der Waals surface area (Å²) in [6.07, 6.45) is 3.19. The molecule has 1 saturated carbocycles. The number of thioether (sulfide) groups is 1. The van der Waals surface area contributed by atoms with Gasteiger partial charge in [0, 0.05) is 5.25 Å². The second kappa shape index (κ2) is 2.38. The van der Waals surface area contributed by atoms with Crippen molar-refractivity contribution in [3.05, 3.63) is 11.1 Å². The van der Waals surface area contributed by atoms with Crippen molar-refractivity contribution in [1.82, 2.24) is 0 Å². The molecule has 1 aliphatic carbocycles. The van der Waals surface area contributed by atoms with Crippen molar-refractivity contribution in [3.63, 3.8) is 0 Å². The zero-order valence-corrected chi connectivity index (χ0v) is 6.78. The number of nitrogens with zero attached hydrogens (tertiary/aromatic N) is 1. The van der Waals surface area contributed by atoms with E-state index in [1.807, 2.05) is 6.07 Å². The van der Waals surface area contributed by atoms with E-state index in [2.05, 4.69) is 0 Å². The minimum absolute atomic E-state index is 0.00722. The number of nitriles is 1. The molecule has 0 spiro atoms. The summed E-state index contributed by atoms with van der Waals surface area (Å²) in [6.45, 7) is 0. The third-order valence-electron chi connectivity index (χ3n) is 2.19. The smallest absolute Gasteiger partial charge is 0.230 e. The highest BCUT2D eigenvalue weighted by molar-refractivity contribution is 8.15. The first kappa shape index (κ1) is 6.93. The van der Waals surface area contributed by atoms with Crippen LogP contribution in [-0.4, -0.2) is 10.4 Å². The Kier molecular flexibility index (Phi) is 1.50. The lowest BCUT2D eigenvalue weighted by Gasteiger charge is -1.96. The van der Waals surface area contributed by atoms with Crippen LogP contribution in [0.3, 0.4) is 0 Å². The van der Waals surface area contributed by atoms with Crippen LogP contribution in [0, 0.1) is 11.3 Å². The fourth-order valence-electron chi connectivity index (χ4n) is 1.67. The molecular weight excluding hydrogens is 158 g/mol. The molecule has 0 aromatic carbocycles. The van der Waals surface area contributed by atoms with Gasteiger partial charge in [0.15, 0.2) is 0 Å². The van der Waals surface area contributed by atoms with Crippen LogP contribution < -0.4 is 0 Å². The van der Waals surface area contributed by atoms with Crippen molar-refractivity contribution in [3.8, 4) is 6.07 Å². The third-order valence-corrected chi connectivity index (χ3v) is 3.41. The molecule has 0 N–H and O–H groups in total. The Labute approximate surface area is 69.3 Å². The van der Waals surface area contributed by atoms with E-state index in [0.29, 0.717) is 10.8 Å². The fourth-order valence-corrected chi connectivity index (χ4v) is 2.88. The SMILES string of the molecule is N#CC1=C2CCC[C@H]2SC1=O. The number of rotatable bonds is 0. The molecule has 0 aromatic rings. The first-order valence-electron chi connectivity index (χ1n) is 3.67. The molecule has 11 heavy (non-hydrogen) atoms. The third kappa shape index (κ3) is 0.899. The molecule has 1 heterocycles. The van der Waals surface area contributed by atoms with Gasteiger partial charge in [0.25, 0.3) is 0 Å². The zero-order valence-electron chi connectivity index (χ0n) is 5.96. The second-order valence-electron chi connectivity index (χ2n) is 2.80. The van der Waals surface area contributed by atoms with E-state index in [4.69, 9.17) is 5.26 Å². The summed E-state index contributed by atoms with van der Waals surface area (Å²) in [5.74, 6) is 0. The lowest BCUT2D eigenvalue weighted by Crippen LogP contribution is -1.91. The normalized spacial score (nSPS) is 29.0. The molecule has 1 fully saturated rings. The van der Waals surface area contributed by atoms with Gasteiger partial charge < -0.3 is 0 Å². The van der Waals surface area contributed by atoms with Crippen molar-refractivity contribution in [2.75, 3.05) is 0 Å². The fraction of sp³-hybridized carbons (Fsp3) is 0.500. The van der Waals surface area contributed by atoms with Crippen LogP contribution in [-0.2, 0) is 4.79 Å². The maximum absolute atomic E-state index is 11.1. The summed E-state index contributed by atoms with van der Waals surface area (Å²) in [6, 6.07) is 1.99. The molecule has 0 bridgehead atoms. The quantitative estimate of drug-likeness (QED) is 0.547. The summed E-state index contributed by atoms with van der Waals surface area (Å²) in [5, 5.41) is 8.99. The van der Waals surface area contributed by atoms with E-state index < -0.39 is 0 Å². The van der Waals surface area contributed by atoms with Gasteiger partial charge in [-0.25, -0.2) is 0 Å². The van der Waals surface area contributed by atoms with Crippen molar-refractivity contribution >= 4 is 16.9 Å². The number of hydrogen-bond donors (Lipinski definition) is 0. The summed E-state index contributed by atoms with van der Waals surface area (Å²) in [4.78, 5) is 11.1. The molecule has 0 unspecified atom stereocenters. The number of carbonyl (C=O) groups is 1. The van der Waals surface area contributed by atoms with E-state index in [1.165, 1.54) is 11.8 Å². The Morgan fingerprint density at radius 2 is 2.45 bits per heavy atom. The van der Waals surface area contributed by atoms with Crippen LogP contribution in [0.4, 0.5) is 0 Å². The molecule has 1 aliphatic heterocycles. The van der Waals surface area contributed by atoms with E-state index in [9.17, 15) is 4.79 Å². The van der Waals surface area contributed by atoms with Crippen molar-refractivity contribution in [1.29, 1.82) is 5.26 Å². The van der Waals surface area contributed by atoms with Crippen molar-refractivity contribution in [2.24, 2.45) is 0 Å². The van der Waals surface area contributed by atoms with E-state index >= 15 is 0 Å². The summed E-state index contributed by atoms with van der Waals surface area (Å²) >= 11 is 1.33. The lowest BCUT2D eigenvalue weighted by atomic mass is 10.1. The second-order valence-corrected chi connectivity index (χ2v) is 3.97. The lowest BCUT2D eigenvalue weighted by molar-refractivity contribution is -0.107. The minimum Gasteiger partial charge on any atom is -0.281 e. The Morgan fingerprint density at radius 1 is 1.64 bits per heavy atom. The molecule has 0 aromatic heterocycles. The van der Waals surface area contributed by atoms with Gasteiger partial charge in [0.1, 0.15) is 11.6 Å². The summed E-state index contributed by atoms with van der Waals surface area (Å²) in [5.41, 5.74) is 1.56. The van der Waals surface area contributed by atoms with E-state index in [0.717, 1.165) is 24.8 Å². The Morgan fingerprint density at radius 3 is 3.18 bits per heavy atom. The predicted molar refractivity (Wildman–Crippen MR) is 42.9 cm³/mol. The molecule has 2 aliphatic rings. The van der Waals surface area contributed by atoms with Gasteiger partial charge in [0.2, 0.25) is 5.12 Å². The maximum atomic E-state index is 11.1. The van der Waals surface area contributed by atoms with Gasteiger partial charge in [0.05, 0.1) is 0 Å². The Hall–Kier alpha value is -0.750. The zero-order chi connectivity index (χ0) is 7.84. The highest BCUT2D eigenvalue weighted by Gasteiger charge is 2.35. The molecular formula is C8H7NOS. The highest BCUT2D eigenvalue weighted by Crippen LogP contribution is 2.43. The maximum Gasteiger partial charge on any atom is 0.230 e. The topological polar surface area (TPSA) is 40.9 Å². The Bertz CT molecular complexity index is 287. The predicted octanol–water partition coefficient (Wildman–Crippen LogP) is 1.63. The van der Waals surface area contributed by atoms with Gasteiger partial charge in [-0.05, 0) is 24.8 Å². The summed E-state index contributed by atoms with van der Waals surface area (Å²) < 4.78 is 0. The van der Waals surface area contributed by atoms with Crippen LogP contribution in [0.25, 0.3) is 0 Å². The van der Waals surface area contributed by atoms with Gasteiger partial charge in [-0.15, -0.1) is 0 Å². The molecule has 56 valence electrons. The average Bonchev–Trinajstić information content (AvgIpc) is 2.46. The van der Waals surface area contributed by atoms with Crippen LogP contribution in [0.1, 0.15) is 19.3 Å². The average molecular weight is 165 g/mol. The first-order valence-corrected chi connectivity index (χ1v) is 4.55. The van der Waals surface area contributed by atoms with Gasteiger partial charge in [-0.3, -0.25) is 4.79 Å². The van der Waals surface area contributed by atoms with Crippen LogP contribution >= 0.6 is 11.8 Å². The van der Waals surface area contributed by atoms with Crippen molar-refractivity contribution in [2.45, 2.75) is 24.5 Å². The molecule has 1 atom stereocenters. The summed E-state index contributed by atoms with van der Waals surface area (Å²) in [7, 11) is 0. The molecule has 3 heteroatoms. The largest absolute Gasteiger partial charge is 0.281 e. The van der Waals surface area contributed by atoms with Gasteiger partial charge in [-0.2, -0.15) is 5.26 Å². The number of carbonyl (C=O) groups excluding carboxylic acids is 1. The van der Waals surface area contributed by atoms with Gasteiger partial charge >= 0.3 is 0 Å². The molecule has 0 saturated heterocycles. The van der Waals surface area contributed by atoms with E-state index in [1.54, 1.807) is 0 Å². The minimum atomic E-state index is -0.00722. The van der Waals surface area contributed by atoms with E-state index in [-0.39, 0.29) is 5.12 Å². The molecule has 0 amide bonds. The monoisotopic (exact) mass is 165 g/mol. The molecule has 0 radical (unpaired) electrons. The van der Waals surface area contributed by atoms with Crippen LogP contribution in [0.15, 0.2) is 11.1 Å². The van der Waals surface area contributed by atoms with Crippen LogP contribution in [0.2, 0.25) is 0 Å². The van der Waals surface area contributed by atoms with Crippen molar-refractivity contribution < 1.29 is 4.79 Å². The number of fused-ring (bicyclic) bond motifs is 1. The van der Waals surface area contributed by atoms with Crippen LogP contribution in [0.5, 0.6) is 0 Å². The highest BCUT2D eigenvalue weighted by atomic mass is 32.2. The Balaban J connectivity index is 2.43.